The van der Waals surface area contributed by atoms with Crippen LogP contribution >= 0.6 is 0 Å². The van der Waals surface area contributed by atoms with E-state index in [4.69, 9.17) is 4.74 Å². The van der Waals surface area contributed by atoms with Gasteiger partial charge in [0.05, 0.1) is 0 Å². The molecule has 0 radical (unpaired) electrons. The Kier molecular flexibility index (Phi) is 6.85. The van der Waals surface area contributed by atoms with Gasteiger partial charge in [-0.3, -0.25) is 0 Å². The van der Waals surface area contributed by atoms with Crippen LogP contribution in [0.2, 0.25) is 0 Å². The first-order valence-corrected chi connectivity index (χ1v) is 8.55. The zero-order chi connectivity index (χ0) is 19.3. The molecule has 0 aliphatic heterocycles. The molecule has 3 amide bonds. The maximum atomic E-state index is 12.2. The number of hydrazine groups is 1. The minimum atomic E-state index is -0.688. The van der Waals surface area contributed by atoms with Gasteiger partial charge in [-0.15, -0.1) is 0 Å². The van der Waals surface area contributed by atoms with E-state index in [-0.39, 0.29) is 11.4 Å². The summed E-state index contributed by atoms with van der Waals surface area (Å²) in [6.07, 6.45) is -0.688. The molecular weight excluding hydrogens is 318 g/mol. The fourth-order valence-electron chi connectivity index (χ4n) is 2.14. The van der Waals surface area contributed by atoms with Crippen LogP contribution in [-0.4, -0.2) is 29.2 Å². The molecule has 1 aromatic rings. The highest BCUT2D eigenvalue weighted by atomic mass is 16.6. The largest absolute Gasteiger partial charge is 0.443 e. The van der Waals surface area contributed by atoms with Gasteiger partial charge in [-0.05, 0) is 44.2 Å². The van der Waals surface area contributed by atoms with Crippen LogP contribution in [0, 0.1) is 0 Å². The number of benzene rings is 1. The molecule has 0 fully saturated rings. The molecule has 0 aliphatic rings. The summed E-state index contributed by atoms with van der Waals surface area (Å²) in [7, 11) is 0. The van der Waals surface area contributed by atoms with Gasteiger partial charge in [-0.1, -0.05) is 45.0 Å². The second-order valence-corrected chi connectivity index (χ2v) is 8.02. The lowest BCUT2D eigenvalue weighted by Crippen LogP contribution is -2.49. The second kappa shape index (κ2) is 8.23. The number of nitrogens with zero attached hydrogens (tertiary/aromatic N) is 1. The predicted molar refractivity (Wildman–Crippen MR) is 99.1 cm³/mol. The fraction of sp³-hybridized carbons (Fsp3) is 0.579. The average molecular weight is 349 g/mol. The first-order valence-electron chi connectivity index (χ1n) is 8.55. The van der Waals surface area contributed by atoms with Crippen molar-refractivity contribution >= 4 is 12.1 Å². The number of rotatable bonds is 3. The van der Waals surface area contributed by atoms with Crippen molar-refractivity contribution in [2.75, 3.05) is 6.54 Å². The van der Waals surface area contributed by atoms with Gasteiger partial charge in [-0.2, -0.15) is 0 Å². The Morgan fingerprint density at radius 1 is 1.00 bits per heavy atom. The Bertz CT molecular complexity index is 583. The summed E-state index contributed by atoms with van der Waals surface area (Å²) in [4.78, 5) is 25.4. The van der Waals surface area contributed by atoms with Crippen LogP contribution < -0.4 is 10.9 Å². The van der Waals surface area contributed by atoms with Crippen molar-refractivity contribution in [2.24, 2.45) is 0 Å². The van der Waals surface area contributed by atoms with Crippen LogP contribution in [0.4, 0.5) is 9.59 Å². The van der Waals surface area contributed by atoms with E-state index in [0.29, 0.717) is 13.1 Å². The van der Waals surface area contributed by atoms with Crippen LogP contribution in [0.1, 0.15) is 59.6 Å². The fourth-order valence-corrected chi connectivity index (χ4v) is 2.14. The lowest BCUT2D eigenvalue weighted by atomic mass is 9.87. The quantitative estimate of drug-likeness (QED) is 0.812. The number of hydrogen-bond acceptors (Lipinski definition) is 3. The number of carbonyl (C=O) groups excluding carboxylic acids is 2. The molecule has 25 heavy (non-hydrogen) atoms. The SMILES string of the molecule is CCN(Cc1ccc(C(C)(C)C)cc1)C(=O)NNC(=O)OC(C)(C)C. The number of hydrogen-bond donors (Lipinski definition) is 2. The number of ether oxygens (including phenoxy) is 1. The smallest absolute Gasteiger partial charge is 0.426 e. The van der Waals surface area contributed by atoms with Gasteiger partial charge in [0.2, 0.25) is 0 Å². The van der Waals surface area contributed by atoms with Crippen LogP contribution in [0.25, 0.3) is 0 Å². The molecule has 6 nitrogen and oxygen atoms in total. The molecule has 1 rings (SSSR count). The molecule has 2 N–H and O–H groups in total. The van der Waals surface area contributed by atoms with Crippen molar-refractivity contribution in [1.82, 2.24) is 15.8 Å². The Morgan fingerprint density at radius 3 is 2.00 bits per heavy atom. The summed E-state index contributed by atoms with van der Waals surface area (Å²) in [6.45, 7) is 14.6. The lowest BCUT2D eigenvalue weighted by Gasteiger charge is -2.24. The van der Waals surface area contributed by atoms with Gasteiger partial charge in [0, 0.05) is 13.1 Å². The Morgan fingerprint density at radius 2 is 1.56 bits per heavy atom. The zero-order valence-electron chi connectivity index (χ0n) is 16.4. The predicted octanol–water partition coefficient (Wildman–Crippen LogP) is 3.96. The van der Waals surface area contributed by atoms with E-state index in [2.05, 4.69) is 43.8 Å². The van der Waals surface area contributed by atoms with Gasteiger partial charge in [0.15, 0.2) is 0 Å². The number of carbonyl (C=O) groups is 2. The highest BCUT2D eigenvalue weighted by molar-refractivity contribution is 5.77. The second-order valence-electron chi connectivity index (χ2n) is 8.02. The molecule has 6 heteroatoms. The molecular formula is C19H31N3O3. The number of urea groups is 1. The van der Waals surface area contributed by atoms with Crippen LogP contribution in [0.3, 0.4) is 0 Å². The molecule has 0 saturated heterocycles. The van der Waals surface area contributed by atoms with E-state index >= 15 is 0 Å². The topological polar surface area (TPSA) is 70.7 Å². The average Bonchev–Trinajstić information content (AvgIpc) is 2.48. The van der Waals surface area contributed by atoms with Gasteiger partial charge >= 0.3 is 12.1 Å². The molecule has 0 heterocycles. The molecule has 0 saturated carbocycles. The van der Waals surface area contributed by atoms with Gasteiger partial charge in [-0.25, -0.2) is 20.4 Å². The molecule has 0 spiro atoms. The van der Waals surface area contributed by atoms with E-state index < -0.39 is 11.7 Å². The number of nitrogens with one attached hydrogen (secondary N) is 2. The number of amides is 3. The first-order chi connectivity index (χ1) is 11.4. The highest BCUT2D eigenvalue weighted by Gasteiger charge is 2.18. The van der Waals surface area contributed by atoms with Gasteiger partial charge < -0.3 is 9.64 Å². The molecule has 0 atom stereocenters. The third-order valence-electron chi connectivity index (χ3n) is 3.53. The van der Waals surface area contributed by atoms with E-state index in [9.17, 15) is 9.59 Å². The lowest BCUT2D eigenvalue weighted by molar-refractivity contribution is 0.0499. The van der Waals surface area contributed by atoms with Gasteiger partial charge in [0.1, 0.15) is 5.60 Å². The standard InChI is InChI=1S/C19H31N3O3/c1-8-22(16(23)20-21-17(24)25-19(5,6)7)13-14-9-11-15(12-10-14)18(2,3)4/h9-12H,8,13H2,1-7H3,(H,20,23)(H,21,24). The molecule has 0 bridgehead atoms. The summed E-state index contributed by atoms with van der Waals surface area (Å²) < 4.78 is 5.08. The Balaban J connectivity index is 2.60. The molecule has 1 aromatic carbocycles. The summed E-state index contributed by atoms with van der Waals surface area (Å²) >= 11 is 0. The van der Waals surface area contributed by atoms with Crippen LogP contribution in [0.5, 0.6) is 0 Å². The minimum absolute atomic E-state index is 0.0949. The van der Waals surface area contributed by atoms with Crippen molar-refractivity contribution < 1.29 is 14.3 Å². The Hall–Kier alpha value is -2.24. The third kappa shape index (κ3) is 7.45. The monoisotopic (exact) mass is 349 g/mol. The van der Waals surface area contributed by atoms with Crippen molar-refractivity contribution in [3.63, 3.8) is 0 Å². The van der Waals surface area contributed by atoms with E-state index in [1.807, 2.05) is 19.1 Å². The van der Waals surface area contributed by atoms with Crippen LogP contribution in [0.15, 0.2) is 24.3 Å². The highest BCUT2D eigenvalue weighted by Crippen LogP contribution is 2.22. The van der Waals surface area contributed by atoms with Crippen molar-refractivity contribution in [3.8, 4) is 0 Å². The van der Waals surface area contributed by atoms with E-state index in [0.717, 1.165) is 5.56 Å². The van der Waals surface area contributed by atoms with E-state index in [1.165, 1.54) is 5.56 Å². The van der Waals surface area contributed by atoms with Crippen molar-refractivity contribution in [3.05, 3.63) is 35.4 Å². The molecule has 0 unspecified atom stereocenters. The summed E-state index contributed by atoms with van der Waals surface area (Å²) in [5.41, 5.74) is 6.39. The summed E-state index contributed by atoms with van der Waals surface area (Å²) in [5.74, 6) is 0. The van der Waals surface area contributed by atoms with Gasteiger partial charge in [0.25, 0.3) is 0 Å². The van der Waals surface area contributed by atoms with E-state index in [1.54, 1.807) is 25.7 Å². The Labute approximate surface area is 150 Å². The summed E-state index contributed by atoms with van der Waals surface area (Å²) in [6, 6.07) is 7.84. The summed E-state index contributed by atoms with van der Waals surface area (Å²) in [5, 5.41) is 0. The minimum Gasteiger partial charge on any atom is -0.443 e. The van der Waals surface area contributed by atoms with Crippen molar-refractivity contribution in [2.45, 2.75) is 66.0 Å². The molecule has 0 aromatic heterocycles. The third-order valence-corrected chi connectivity index (χ3v) is 3.53. The van der Waals surface area contributed by atoms with Crippen molar-refractivity contribution in [1.29, 1.82) is 0 Å². The molecule has 0 aliphatic carbocycles. The zero-order valence-corrected chi connectivity index (χ0v) is 16.4. The molecule has 140 valence electrons. The normalized spacial score (nSPS) is 11.6. The maximum Gasteiger partial charge on any atom is 0.426 e. The maximum absolute atomic E-state index is 12.2. The van der Waals surface area contributed by atoms with Crippen LogP contribution in [-0.2, 0) is 16.7 Å². The first kappa shape index (κ1) is 20.8.